The van der Waals surface area contributed by atoms with Gasteiger partial charge in [-0.2, -0.15) is 0 Å². The molecule has 1 amide bonds. The monoisotopic (exact) mass is 349 g/mol. The number of carbonyl (C=O) groups is 1. The molecule has 1 atom stereocenters. The molecule has 1 aliphatic rings. The maximum Gasteiger partial charge on any atom is 0.227 e. The Labute approximate surface area is 150 Å². The van der Waals surface area contributed by atoms with Crippen molar-refractivity contribution in [1.29, 1.82) is 0 Å². The van der Waals surface area contributed by atoms with Crippen LogP contribution in [-0.4, -0.2) is 55.6 Å². The van der Waals surface area contributed by atoms with Crippen LogP contribution in [0.4, 0.5) is 0 Å². The van der Waals surface area contributed by atoms with Crippen molar-refractivity contribution in [3.05, 3.63) is 66.2 Å². The first-order valence-corrected chi connectivity index (χ1v) is 8.54. The minimum absolute atomic E-state index is 0.0189. The Morgan fingerprint density at radius 2 is 2.12 bits per heavy atom. The topological polar surface area (TPSA) is 88.8 Å². The summed E-state index contributed by atoms with van der Waals surface area (Å²) in [5.41, 5.74) is 2.89. The van der Waals surface area contributed by atoms with Gasteiger partial charge in [0, 0.05) is 32.0 Å². The number of nitrogens with one attached hydrogen (secondary N) is 1. The predicted octanol–water partition coefficient (Wildman–Crippen LogP) is 0.773. The van der Waals surface area contributed by atoms with Crippen LogP contribution in [-0.2, 0) is 11.2 Å². The number of pyridine rings is 1. The van der Waals surface area contributed by atoms with Crippen molar-refractivity contribution in [1.82, 2.24) is 35.4 Å². The Kier molecular flexibility index (Phi) is 4.65. The number of piperazine rings is 1. The van der Waals surface area contributed by atoms with E-state index in [0.717, 1.165) is 29.9 Å². The quantitative estimate of drug-likeness (QED) is 0.749. The molecule has 0 bridgehead atoms. The second kappa shape index (κ2) is 7.40. The predicted molar refractivity (Wildman–Crippen MR) is 94.4 cm³/mol. The summed E-state index contributed by atoms with van der Waals surface area (Å²) in [4.78, 5) is 19.0. The summed E-state index contributed by atoms with van der Waals surface area (Å²) in [6.45, 7) is 2.25. The Bertz CT molecular complexity index is 849. The lowest BCUT2D eigenvalue weighted by molar-refractivity contribution is -0.133. The van der Waals surface area contributed by atoms with Crippen LogP contribution in [0.5, 0.6) is 0 Å². The van der Waals surface area contributed by atoms with Gasteiger partial charge in [-0.25, -0.2) is 4.68 Å². The number of hydrogen-bond donors (Lipinski definition) is 1. The smallest absolute Gasteiger partial charge is 0.227 e. The Morgan fingerprint density at radius 3 is 2.85 bits per heavy atom. The largest absolute Gasteiger partial charge is 0.333 e. The van der Waals surface area contributed by atoms with Crippen molar-refractivity contribution < 1.29 is 4.79 Å². The van der Waals surface area contributed by atoms with E-state index >= 15 is 0 Å². The van der Waals surface area contributed by atoms with Crippen LogP contribution >= 0.6 is 0 Å². The second-order valence-corrected chi connectivity index (χ2v) is 6.19. The zero-order valence-electron chi connectivity index (χ0n) is 14.2. The van der Waals surface area contributed by atoms with Crippen LogP contribution in [0.25, 0.3) is 5.69 Å². The van der Waals surface area contributed by atoms with E-state index in [9.17, 15) is 4.79 Å². The van der Waals surface area contributed by atoms with Gasteiger partial charge >= 0.3 is 0 Å². The number of carbonyl (C=O) groups excluding carboxylic acids is 1. The SMILES string of the molecule is O=C(Cc1ccc(-n2cnnn2)cc1)N1CCNCC1c1cccnc1. The highest BCUT2D eigenvalue weighted by Gasteiger charge is 2.27. The Hall–Kier alpha value is -3.13. The van der Waals surface area contributed by atoms with Gasteiger partial charge in [-0.1, -0.05) is 18.2 Å². The van der Waals surface area contributed by atoms with Gasteiger partial charge in [0.2, 0.25) is 5.91 Å². The molecule has 1 saturated heterocycles. The van der Waals surface area contributed by atoms with Gasteiger partial charge in [0.15, 0.2) is 0 Å². The van der Waals surface area contributed by atoms with E-state index in [1.54, 1.807) is 17.2 Å². The first-order chi connectivity index (χ1) is 12.8. The summed E-state index contributed by atoms with van der Waals surface area (Å²) in [7, 11) is 0. The molecule has 1 N–H and O–H groups in total. The van der Waals surface area contributed by atoms with E-state index in [1.807, 2.05) is 47.5 Å². The molecule has 26 heavy (non-hydrogen) atoms. The molecule has 4 rings (SSSR count). The molecule has 8 heteroatoms. The fourth-order valence-corrected chi connectivity index (χ4v) is 3.20. The third-order valence-corrected chi connectivity index (χ3v) is 4.54. The van der Waals surface area contributed by atoms with Gasteiger partial charge < -0.3 is 10.2 Å². The lowest BCUT2D eigenvalue weighted by Gasteiger charge is -2.36. The summed E-state index contributed by atoms with van der Waals surface area (Å²) in [5.74, 6) is 0.121. The van der Waals surface area contributed by atoms with Crippen LogP contribution in [0.3, 0.4) is 0 Å². The van der Waals surface area contributed by atoms with Gasteiger partial charge in [-0.05, 0) is 39.8 Å². The molecule has 3 aromatic rings. The van der Waals surface area contributed by atoms with Crippen LogP contribution in [0.2, 0.25) is 0 Å². The number of rotatable bonds is 4. The first kappa shape index (κ1) is 16.3. The van der Waals surface area contributed by atoms with E-state index in [-0.39, 0.29) is 11.9 Å². The van der Waals surface area contributed by atoms with E-state index in [4.69, 9.17) is 0 Å². The molecule has 1 aliphatic heterocycles. The maximum atomic E-state index is 12.9. The number of tetrazole rings is 1. The fourth-order valence-electron chi connectivity index (χ4n) is 3.20. The molecule has 3 heterocycles. The first-order valence-electron chi connectivity index (χ1n) is 8.54. The molecule has 1 aromatic carbocycles. The Balaban J connectivity index is 1.48. The second-order valence-electron chi connectivity index (χ2n) is 6.19. The van der Waals surface area contributed by atoms with Crippen LogP contribution in [0.1, 0.15) is 17.2 Å². The molecule has 0 radical (unpaired) electrons. The zero-order chi connectivity index (χ0) is 17.8. The van der Waals surface area contributed by atoms with Crippen LogP contribution in [0.15, 0.2) is 55.1 Å². The summed E-state index contributed by atoms with van der Waals surface area (Å²) < 4.78 is 1.58. The highest BCUT2D eigenvalue weighted by Crippen LogP contribution is 2.22. The minimum Gasteiger partial charge on any atom is -0.333 e. The highest BCUT2D eigenvalue weighted by atomic mass is 16.2. The number of aromatic nitrogens is 5. The lowest BCUT2D eigenvalue weighted by Crippen LogP contribution is -2.49. The molecule has 2 aromatic heterocycles. The van der Waals surface area contributed by atoms with Crippen molar-refractivity contribution >= 4 is 5.91 Å². The van der Waals surface area contributed by atoms with Crippen molar-refractivity contribution in [3.8, 4) is 5.69 Å². The number of benzene rings is 1. The molecule has 0 saturated carbocycles. The van der Waals surface area contributed by atoms with E-state index in [2.05, 4.69) is 25.8 Å². The van der Waals surface area contributed by atoms with Crippen LogP contribution < -0.4 is 5.32 Å². The normalized spacial score (nSPS) is 17.2. The molecule has 1 fully saturated rings. The molecule has 1 unspecified atom stereocenters. The third-order valence-electron chi connectivity index (χ3n) is 4.54. The van der Waals surface area contributed by atoms with Gasteiger partial charge in [0.25, 0.3) is 0 Å². The van der Waals surface area contributed by atoms with Gasteiger partial charge in [0.05, 0.1) is 18.2 Å². The minimum atomic E-state index is 0.0189. The van der Waals surface area contributed by atoms with E-state index in [1.165, 1.54) is 0 Å². The summed E-state index contributed by atoms with van der Waals surface area (Å²) in [5, 5.41) is 14.5. The number of nitrogens with zero attached hydrogens (tertiary/aromatic N) is 6. The zero-order valence-corrected chi connectivity index (χ0v) is 14.2. The maximum absolute atomic E-state index is 12.9. The molecular weight excluding hydrogens is 330 g/mol. The van der Waals surface area contributed by atoms with Crippen molar-refractivity contribution in [2.45, 2.75) is 12.5 Å². The summed E-state index contributed by atoms with van der Waals surface area (Å²) >= 11 is 0. The van der Waals surface area contributed by atoms with Gasteiger partial charge in [0.1, 0.15) is 6.33 Å². The summed E-state index contributed by atoms with van der Waals surface area (Å²) in [6.07, 6.45) is 5.49. The molecule has 0 aliphatic carbocycles. The average molecular weight is 349 g/mol. The van der Waals surface area contributed by atoms with Gasteiger partial charge in [-0.15, -0.1) is 5.10 Å². The van der Waals surface area contributed by atoms with E-state index in [0.29, 0.717) is 13.0 Å². The molecule has 0 spiro atoms. The van der Waals surface area contributed by atoms with Crippen LogP contribution in [0, 0.1) is 0 Å². The fraction of sp³-hybridized carbons (Fsp3) is 0.278. The molecule has 8 nitrogen and oxygen atoms in total. The van der Waals surface area contributed by atoms with Crippen molar-refractivity contribution in [2.24, 2.45) is 0 Å². The third kappa shape index (κ3) is 3.45. The lowest BCUT2D eigenvalue weighted by atomic mass is 10.0. The Morgan fingerprint density at radius 1 is 1.23 bits per heavy atom. The van der Waals surface area contributed by atoms with E-state index < -0.39 is 0 Å². The average Bonchev–Trinajstić information content (AvgIpc) is 3.24. The standard InChI is InChI=1S/C18H19N7O/c26-18(10-14-3-5-16(6-4-14)25-13-21-22-23-25)24-9-8-20-12-17(24)15-2-1-7-19-11-15/h1-7,11,13,17,20H,8-10,12H2. The van der Waals surface area contributed by atoms with Crippen molar-refractivity contribution in [3.63, 3.8) is 0 Å². The molecule has 132 valence electrons. The number of amides is 1. The van der Waals surface area contributed by atoms with Gasteiger partial charge in [-0.3, -0.25) is 9.78 Å². The highest BCUT2D eigenvalue weighted by molar-refractivity contribution is 5.79. The number of hydrogen-bond acceptors (Lipinski definition) is 6. The van der Waals surface area contributed by atoms with Crippen molar-refractivity contribution in [2.75, 3.05) is 19.6 Å². The molecular formula is C18H19N7O. The summed E-state index contributed by atoms with van der Waals surface area (Å²) in [6, 6.07) is 11.7.